The number of nitrogens with zero attached hydrogens (tertiary/aromatic N) is 1. The van der Waals surface area contributed by atoms with Crippen LogP contribution in [0, 0.1) is 10.8 Å². The molecular weight excluding hydrogens is 394 g/mol. The minimum atomic E-state index is -0.535. The first kappa shape index (κ1) is 21.7. The van der Waals surface area contributed by atoms with Gasteiger partial charge in [-0.1, -0.05) is 26.8 Å². The number of likely N-dealkylation sites (tertiary alicyclic amines) is 1. The van der Waals surface area contributed by atoms with Gasteiger partial charge < -0.3 is 19.8 Å². The number of esters is 1. The number of nitrogens with one attached hydrogen (secondary N) is 2. The number of aromatic amines is 1. The molecule has 1 saturated carbocycles. The topological polar surface area (TPSA) is 83.7 Å². The summed E-state index contributed by atoms with van der Waals surface area (Å²) in [5.41, 5.74) is 1.85. The predicted octanol–water partition coefficient (Wildman–Crippen LogP) is 4.19. The van der Waals surface area contributed by atoms with E-state index in [1.807, 2.05) is 25.1 Å². The van der Waals surface area contributed by atoms with Crippen LogP contribution in [0.4, 0.5) is 5.69 Å². The molecular formula is C24H33N3O4. The van der Waals surface area contributed by atoms with E-state index in [0.29, 0.717) is 28.4 Å². The second kappa shape index (κ2) is 7.55. The Labute approximate surface area is 183 Å². The van der Waals surface area contributed by atoms with Gasteiger partial charge in [-0.05, 0) is 49.1 Å². The van der Waals surface area contributed by atoms with Crippen molar-refractivity contribution in [3.05, 3.63) is 23.9 Å². The molecule has 2 N–H and O–H groups in total. The van der Waals surface area contributed by atoms with Crippen molar-refractivity contribution in [2.75, 3.05) is 26.1 Å². The van der Waals surface area contributed by atoms with E-state index >= 15 is 0 Å². The summed E-state index contributed by atoms with van der Waals surface area (Å²) < 4.78 is 10.4. The number of fused-ring (bicyclic) bond motifs is 3. The number of hydrogen-bond acceptors (Lipinski definition) is 5. The normalized spacial score (nSPS) is 25.9. The van der Waals surface area contributed by atoms with Crippen LogP contribution in [0.1, 0.15) is 57.4 Å². The molecule has 3 unspecified atom stereocenters. The smallest absolute Gasteiger partial charge is 0.356 e. The number of anilines is 1. The molecule has 1 aromatic carbocycles. The Morgan fingerprint density at radius 1 is 1.23 bits per heavy atom. The van der Waals surface area contributed by atoms with Gasteiger partial charge in [0.05, 0.1) is 36.9 Å². The molecule has 0 radical (unpaired) electrons. The van der Waals surface area contributed by atoms with E-state index in [4.69, 9.17) is 9.47 Å². The summed E-state index contributed by atoms with van der Waals surface area (Å²) in [5.74, 6) is -0.0865. The van der Waals surface area contributed by atoms with E-state index in [0.717, 1.165) is 19.4 Å². The maximum Gasteiger partial charge on any atom is 0.356 e. The van der Waals surface area contributed by atoms with Crippen molar-refractivity contribution in [1.82, 2.24) is 9.88 Å². The zero-order chi connectivity index (χ0) is 22.6. The lowest BCUT2D eigenvalue weighted by atomic mass is 9.65. The molecule has 1 aromatic heterocycles. The van der Waals surface area contributed by atoms with Crippen LogP contribution in [0.2, 0.25) is 0 Å². The molecule has 2 bridgehead atoms. The first-order valence-corrected chi connectivity index (χ1v) is 10.9. The van der Waals surface area contributed by atoms with Crippen LogP contribution < -0.4 is 10.1 Å². The summed E-state index contributed by atoms with van der Waals surface area (Å²) in [6.07, 6.45) is 3.39. The largest absolute Gasteiger partial charge is 0.496 e. The quantitative estimate of drug-likeness (QED) is 0.699. The minimum absolute atomic E-state index is 0.133. The SMILES string of the molecule is COC(=O)c1[nH]c2cccc(OC)c2c1NC(=O)C(C)N1CC2(C)CC1CC(C)(C)C2. The lowest BCUT2D eigenvalue weighted by Gasteiger charge is -2.40. The van der Waals surface area contributed by atoms with E-state index in [2.05, 4.69) is 36.0 Å². The zero-order valence-electron chi connectivity index (χ0n) is 19.3. The van der Waals surface area contributed by atoms with Gasteiger partial charge in [-0.25, -0.2) is 4.79 Å². The lowest BCUT2D eigenvalue weighted by Crippen LogP contribution is -2.45. The number of carbonyl (C=O) groups is 2. The van der Waals surface area contributed by atoms with E-state index in [9.17, 15) is 9.59 Å². The molecule has 2 aliphatic rings. The number of amides is 1. The van der Waals surface area contributed by atoms with E-state index in [1.54, 1.807) is 7.11 Å². The number of carbonyl (C=O) groups excluding carboxylic acids is 2. The van der Waals surface area contributed by atoms with Crippen molar-refractivity contribution in [3.63, 3.8) is 0 Å². The van der Waals surface area contributed by atoms with Gasteiger partial charge in [0, 0.05) is 12.6 Å². The fourth-order valence-corrected chi connectivity index (χ4v) is 6.10. The molecule has 3 atom stereocenters. The van der Waals surface area contributed by atoms with Gasteiger partial charge in [-0.15, -0.1) is 0 Å². The number of H-pyrrole nitrogens is 1. The molecule has 1 aliphatic carbocycles. The summed E-state index contributed by atoms with van der Waals surface area (Å²) in [7, 11) is 2.90. The summed E-state index contributed by atoms with van der Waals surface area (Å²) in [5, 5.41) is 3.69. The molecule has 7 heteroatoms. The third kappa shape index (κ3) is 3.80. The first-order chi connectivity index (χ1) is 14.6. The second-order valence-electron chi connectivity index (χ2n) is 10.3. The summed E-state index contributed by atoms with van der Waals surface area (Å²) in [6.45, 7) is 9.86. The van der Waals surface area contributed by atoms with Crippen LogP contribution >= 0.6 is 0 Å². The highest BCUT2D eigenvalue weighted by Gasteiger charge is 2.51. The Morgan fingerprint density at radius 2 is 1.97 bits per heavy atom. The van der Waals surface area contributed by atoms with Gasteiger partial charge in [0.2, 0.25) is 5.91 Å². The molecule has 168 valence electrons. The van der Waals surface area contributed by atoms with Crippen molar-refractivity contribution in [2.45, 2.75) is 59.0 Å². The number of hydrogen-bond donors (Lipinski definition) is 2. The Hall–Kier alpha value is -2.54. The molecule has 31 heavy (non-hydrogen) atoms. The molecule has 1 saturated heterocycles. The molecule has 0 spiro atoms. The molecule has 2 aromatic rings. The highest BCUT2D eigenvalue weighted by atomic mass is 16.5. The summed E-state index contributed by atoms with van der Waals surface area (Å²) in [6, 6.07) is 5.57. The van der Waals surface area contributed by atoms with Crippen LogP contribution in [0.15, 0.2) is 18.2 Å². The fraction of sp³-hybridized carbons (Fsp3) is 0.583. The van der Waals surface area contributed by atoms with Crippen LogP contribution in [0.25, 0.3) is 10.9 Å². The third-order valence-corrected chi connectivity index (χ3v) is 6.98. The number of rotatable bonds is 5. The predicted molar refractivity (Wildman–Crippen MR) is 121 cm³/mol. The Morgan fingerprint density at radius 3 is 2.65 bits per heavy atom. The molecule has 1 amide bonds. The van der Waals surface area contributed by atoms with Crippen LogP contribution in [-0.2, 0) is 9.53 Å². The standard InChI is InChI=1S/C24H33N3O4/c1-14(27-13-24(4)11-15(27)10-23(2,3)12-24)21(28)26-19-18-16(8-7-9-17(18)30-5)25-20(19)22(29)31-6/h7-9,14-15,25H,10-13H2,1-6H3,(H,26,28). The zero-order valence-corrected chi connectivity index (χ0v) is 19.3. The number of ether oxygens (including phenoxy) is 2. The van der Waals surface area contributed by atoms with Gasteiger partial charge in [-0.3, -0.25) is 9.69 Å². The average Bonchev–Trinajstić information content (AvgIpc) is 3.19. The second-order valence-corrected chi connectivity index (χ2v) is 10.3. The van der Waals surface area contributed by atoms with Gasteiger partial charge in [0.15, 0.2) is 0 Å². The van der Waals surface area contributed by atoms with Crippen LogP contribution in [-0.4, -0.2) is 54.6 Å². The minimum Gasteiger partial charge on any atom is -0.496 e. The Bertz CT molecular complexity index is 1030. The van der Waals surface area contributed by atoms with Crippen molar-refractivity contribution < 1.29 is 19.1 Å². The number of benzene rings is 1. The molecule has 7 nitrogen and oxygen atoms in total. The first-order valence-electron chi connectivity index (χ1n) is 10.9. The van der Waals surface area contributed by atoms with Gasteiger partial charge in [0.1, 0.15) is 11.4 Å². The van der Waals surface area contributed by atoms with Gasteiger partial charge >= 0.3 is 5.97 Å². The van der Waals surface area contributed by atoms with Crippen molar-refractivity contribution in [2.24, 2.45) is 10.8 Å². The molecule has 4 rings (SSSR count). The van der Waals surface area contributed by atoms with Crippen LogP contribution in [0.5, 0.6) is 5.75 Å². The number of aromatic nitrogens is 1. The summed E-state index contributed by atoms with van der Waals surface area (Å²) >= 11 is 0. The van der Waals surface area contributed by atoms with E-state index in [1.165, 1.54) is 13.5 Å². The van der Waals surface area contributed by atoms with Gasteiger partial charge in [-0.2, -0.15) is 0 Å². The Balaban J connectivity index is 1.65. The molecule has 2 fully saturated rings. The van der Waals surface area contributed by atoms with Crippen molar-refractivity contribution >= 4 is 28.5 Å². The van der Waals surface area contributed by atoms with E-state index in [-0.39, 0.29) is 28.5 Å². The maximum atomic E-state index is 13.4. The number of methoxy groups -OCH3 is 2. The van der Waals surface area contributed by atoms with Crippen molar-refractivity contribution in [1.29, 1.82) is 0 Å². The van der Waals surface area contributed by atoms with Crippen LogP contribution in [0.3, 0.4) is 0 Å². The highest BCUT2D eigenvalue weighted by Crippen LogP contribution is 2.53. The summed E-state index contributed by atoms with van der Waals surface area (Å²) in [4.78, 5) is 31.2. The average molecular weight is 428 g/mol. The maximum absolute atomic E-state index is 13.4. The fourth-order valence-electron chi connectivity index (χ4n) is 6.10. The molecule has 2 heterocycles. The Kier molecular flexibility index (Phi) is 5.28. The van der Waals surface area contributed by atoms with E-state index < -0.39 is 5.97 Å². The highest BCUT2D eigenvalue weighted by molar-refractivity contribution is 6.13. The monoisotopic (exact) mass is 427 g/mol. The third-order valence-electron chi connectivity index (χ3n) is 6.98. The van der Waals surface area contributed by atoms with Gasteiger partial charge in [0.25, 0.3) is 0 Å². The lowest BCUT2D eigenvalue weighted by molar-refractivity contribution is -0.121. The molecule has 1 aliphatic heterocycles. The van der Waals surface area contributed by atoms with Crippen molar-refractivity contribution in [3.8, 4) is 5.75 Å².